The molecular formula is C19H21N7OS. The lowest BCUT2D eigenvalue weighted by molar-refractivity contribution is -0.120. The van der Waals surface area contributed by atoms with Crippen LogP contribution in [0.1, 0.15) is 12.8 Å². The van der Waals surface area contributed by atoms with Gasteiger partial charge in [0, 0.05) is 24.1 Å². The molecule has 0 spiro atoms. The van der Waals surface area contributed by atoms with Crippen LogP contribution in [-0.4, -0.2) is 50.0 Å². The van der Waals surface area contributed by atoms with Crippen LogP contribution in [-0.2, 0) is 4.79 Å². The van der Waals surface area contributed by atoms with Gasteiger partial charge in [-0.2, -0.15) is 5.10 Å². The topological polar surface area (TPSA) is 88.8 Å². The van der Waals surface area contributed by atoms with Gasteiger partial charge < -0.3 is 10.2 Å². The lowest BCUT2D eigenvalue weighted by Crippen LogP contribution is -2.41. The highest BCUT2D eigenvalue weighted by atomic mass is 32.2. The number of hydrogen-bond acceptors (Lipinski definition) is 7. The number of piperidine rings is 1. The first-order valence-corrected chi connectivity index (χ1v) is 10.3. The van der Waals surface area contributed by atoms with Crippen LogP contribution in [0.15, 0.2) is 54.2 Å². The number of benzene rings is 1. The Labute approximate surface area is 167 Å². The zero-order valence-corrected chi connectivity index (χ0v) is 16.3. The molecule has 1 aliphatic heterocycles. The zero-order valence-electron chi connectivity index (χ0n) is 15.5. The van der Waals surface area contributed by atoms with E-state index in [0.717, 1.165) is 35.8 Å². The van der Waals surface area contributed by atoms with E-state index in [1.807, 2.05) is 36.6 Å². The number of para-hydroxylation sites is 1. The predicted molar refractivity (Wildman–Crippen MR) is 109 cm³/mol. The van der Waals surface area contributed by atoms with Crippen molar-refractivity contribution in [2.24, 2.45) is 5.92 Å². The Balaban J connectivity index is 1.47. The summed E-state index contributed by atoms with van der Waals surface area (Å²) >= 11 is 1.63. The molecule has 1 saturated heterocycles. The number of hydrogen-bond donors (Lipinski definition) is 1. The molecule has 8 nitrogen and oxygen atoms in total. The summed E-state index contributed by atoms with van der Waals surface area (Å²) in [6, 6.07) is 9.75. The lowest BCUT2D eigenvalue weighted by Gasteiger charge is -2.33. The summed E-state index contributed by atoms with van der Waals surface area (Å²) in [5, 5.41) is 7.21. The quantitative estimate of drug-likeness (QED) is 0.664. The maximum atomic E-state index is 12.9. The van der Waals surface area contributed by atoms with Gasteiger partial charge in [-0.05, 0) is 31.2 Å². The molecule has 0 bridgehead atoms. The van der Waals surface area contributed by atoms with Crippen molar-refractivity contribution in [3.63, 3.8) is 0 Å². The molecule has 1 fully saturated rings. The number of carbonyl (C=O) groups excluding carboxylic acids is 1. The molecule has 1 N–H and O–H groups in total. The third-order valence-corrected chi connectivity index (χ3v) is 5.57. The molecule has 1 unspecified atom stereocenters. The molecule has 28 heavy (non-hydrogen) atoms. The van der Waals surface area contributed by atoms with Crippen molar-refractivity contribution < 1.29 is 4.79 Å². The number of carbonyl (C=O) groups is 1. The summed E-state index contributed by atoms with van der Waals surface area (Å²) in [7, 11) is 0. The van der Waals surface area contributed by atoms with Crippen LogP contribution in [0.2, 0.25) is 0 Å². The number of aromatic nitrogens is 5. The normalized spacial score (nSPS) is 16.8. The van der Waals surface area contributed by atoms with Crippen molar-refractivity contribution in [3.8, 4) is 5.82 Å². The highest BCUT2D eigenvalue weighted by molar-refractivity contribution is 7.98. The summed E-state index contributed by atoms with van der Waals surface area (Å²) < 4.78 is 1.60. The Hall–Kier alpha value is -2.94. The molecule has 144 valence electrons. The van der Waals surface area contributed by atoms with Gasteiger partial charge in [-0.3, -0.25) is 4.79 Å². The fourth-order valence-corrected chi connectivity index (χ4v) is 3.90. The molecule has 0 saturated carbocycles. The van der Waals surface area contributed by atoms with E-state index in [1.165, 1.54) is 12.7 Å². The zero-order chi connectivity index (χ0) is 19.3. The Morgan fingerprint density at radius 3 is 2.89 bits per heavy atom. The van der Waals surface area contributed by atoms with E-state index in [1.54, 1.807) is 22.8 Å². The highest BCUT2D eigenvalue weighted by Gasteiger charge is 2.27. The van der Waals surface area contributed by atoms with Crippen LogP contribution in [0.25, 0.3) is 5.82 Å². The summed E-state index contributed by atoms with van der Waals surface area (Å²) in [6.45, 7) is 1.49. The number of anilines is 2. The minimum Gasteiger partial charge on any atom is -0.356 e. The third-order valence-electron chi connectivity index (χ3n) is 4.77. The van der Waals surface area contributed by atoms with Crippen molar-refractivity contribution in [2.75, 3.05) is 29.6 Å². The van der Waals surface area contributed by atoms with Crippen molar-refractivity contribution in [1.82, 2.24) is 24.7 Å². The van der Waals surface area contributed by atoms with Gasteiger partial charge in [-0.15, -0.1) is 11.8 Å². The van der Waals surface area contributed by atoms with Crippen molar-refractivity contribution in [2.45, 2.75) is 17.7 Å². The molecule has 3 aromatic rings. The van der Waals surface area contributed by atoms with Crippen LogP contribution in [0.4, 0.5) is 11.5 Å². The molecular weight excluding hydrogens is 374 g/mol. The molecule has 2 aromatic heterocycles. The van der Waals surface area contributed by atoms with Crippen LogP contribution in [0.3, 0.4) is 0 Å². The van der Waals surface area contributed by atoms with E-state index >= 15 is 0 Å². The third kappa shape index (κ3) is 3.99. The van der Waals surface area contributed by atoms with E-state index in [-0.39, 0.29) is 11.8 Å². The first-order chi connectivity index (χ1) is 13.7. The second-order valence-corrected chi connectivity index (χ2v) is 7.40. The van der Waals surface area contributed by atoms with E-state index < -0.39 is 0 Å². The van der Waals surface area contributed by atoms with E-state index in [2.05, 4.69) is 30.3 Å². The van der Waals surface area contributed by atoms with E-state index in [9.17, 15) is 4.79 Å². The van der Waals surface area contributed by atoms with Gasteiger partial charge in [0.15, 0.2) is 5.82 Å². The monoisotopic (exact) mass is 395 g/mol. The Bertz CT molecular complexity index is 947. The smallest absolute Gasteiger partial charge is 0.229 e. The van der Waals surface area contributed by atoms with Crippen LogP contribution in [0.5, 0.6) is 0 Å². The van der Waals surface area contributed by atoms with Crippen molar-refractivity contribution in [1.29, 1.82) is 0 Å². The van der Waals surface area contributed by atoms with Gasteiger partial charge in [0.1, 0.15) is 24.8 Å². The van der Waals surface area contributed by atoms with Gasteiger partial charge in [0.25, 0.3) is 0 Å². The molecule has 1 amide bonds. The molecule has 1 aromatic carbocycles. The summed E-state index contributed by atoms with van der Waals surface area (Å²) in [4.78, 5) is 28.7. The first-order valence-electron chi connectivity index (χ1n) is 9.10. The second-order valence-electron chi connectivity index (χ2n) is 6.55. The Morgan fingerprint density at radius 2 is 2.07 bits per heavy atom. The van der Waals surface area contributed by atoms with E-state index in [4.69, 9.17) is 0 Å². The lowest BCUT2D eigenvalue weighted by atomic mass is 9.97. The Morgan fingerprint density at radius 1 is 1.21 bits per heavy atom. The molecule has 1 atom stereocenters. The van der Waals surface area contributed by atoms with Crippen molar-refractivity contribution >= 4 is 29.2 Å². The fraction of sp³-hybridized carbons (Fsp3) is 0.316. The average Bonchev–Trinajstić information content (AvgIpc) is 3.29. The summed E-state index contributed by atoms with van der Waals surface area (Å²) in [6.07, 6.45) is 8.40. The summed E-state index contributed by atoms with van der Waals surface area (Å²) in [5.41, 5.74) is 0.868. The van der Waals surface area contributed by atoms with Gasteiger partial charge in [0.2, 0.25) is 5.91 Å². The molecule has 0 radical (unpaired) electrons. The highest BCUT2D eigenvalue weighted by Crippen LogP contribution is 2.27. The first kappa shape index (κ1) is 18.4. The van der Waals surface area contributed by atoms with Crippen molar-refractivity contribution in [3.05, 3.63) is 49.3 Å². The SMILES string of the molecule is CSc1ccccc1NC(=O)C1CCCN(c2cc(-n3cncn3)ncn2)C1. The maximum Gasteiger partial charge on any atom is 0.229 e. The number of rotatable bonds is 5. The number of nitrogens with one attached hydrogen (secondary N) is 1. The minimum absolute atomic E-state index is 0.0526. The van der Waals surface area contributed by atoms with Gasteiger partial charge >= 0.3 is 0 Å². The maximum absolute atomic E-state index is 12.9. The second kappa shape index (κ2) is 8.39. The van der Waals surface area contributed by atoms with Gasteiger partial charge in [-0.25, -0.2) is 19.6 Å². The summed E-state index contributed by atoms with van der Waals surface area (Å²) in [5.74, 6) is 1.41. The molecule has 4 rings (SSSR count). The average molecular weight is 395 g/mol. The Kier molecular flexibility index (Phi) is 5.52. The van der Waals surface area contributed by atoms with Gasteiger partial charge in [-0.1, -0.05) is 12.1 Å². The minimum atomic E-state index is -0.0894. The largest absolute Gasteiger partial charge is 0.356 e. The fourth-order valence-electron chi connectivity index (χ4n) is 3.34. The van der Waals surface area contributed by atoms with Gasteiger partial charge in [0.05, 0.1) is 11.6 Å². The standard InChI is InChI=1S/C19H21N7OS/c1-28-16-7-3-2-6-15(16)24-19(27)14-5-4-8-25(10-14)17-9-18(22-12-21-17)26-13-20-11-23-26/h2-3,6-7,9,11-14H,4-5,8,10H2,1H3,(H,24,27). The molecule has 1 aliphatic rings. The van der Waals surface area contributed by atoms with Crippen LogP contribution >= 0.6 is 11.8 Å². The van der Waals surface area contributed by atoms with Crippen LogP contribution < -0.4 is 10.2 Å². The predicted octanol–water partition coefficient (Wildman–Crippen LogP) is 2.63. The number of amides is 1. The van der Waals surface area contributed by atoms with Crippen LogP contribution in [0, 0.1) is 5.92 Å². The number of thioether (sulfide) groups is 1. The van der Waals surface area contributed by atoms with E-state index in [0.29, 0.717) is 12.4 Å². The molecule has 3 heterocycles. The molecule has 9 heteroatoms. The number of nitrogens with zero attached hydrogens (tertiary/aromatic N) is 6. The molecule has 0 aliphatic carbocycles.